The Morgan fingerprint density at radius 1 is 1.00 bits per heavy atom. The van der Waals surface area contributed by atoms with Crippen molar-refractivity contribution in [3.63, 3.8) is 0 Å². The third kappa shape index (κ3) is 5.33. The molecule has 0 radical (unpaired) electrons. The standard InChI is InChI=1S/C20H17Cl3F3N3O3/c1-32-17-13(22)8-11(9-14(17)23)18(30)27-15-10-12(21)2-3-16(15)28-4-6-29(7-5-28)19(31)20(24,25)26/h2-3,8-10H,4-7H2,1H3,(H,27,30). The van der Waals surface area contributed by atoms with E-state index in [2.05, 4.69) is 5.32 Å². The maximum Gasteiger partial charge on any atom is 0.471 e. The molecule has 1 heterocycles. The molecule has 2 amide bonds. The molecule has 172 valence electrons. The molecule has 1 N–H and O–H groups in total. The average Bonchev–Trinajstić information content (AvgIpc) is 2.72. The summed E-state index contributed by atoms with van der Waals surface area (Å²) in [4.78, 5) is 26.8. The monoisotopic (exact) mass is 509 g/mol. The van der Waals surface area contributed by atoms with Gasteiger partial charge in [-0.3, -0.25) is 9.59 Å². The molecule has 2 aromatic rings. The summed E-state index contributed by atoms with van der Waals surface area (Å²) < 4.78 is 43.1. The van der Waals surface area contributed by atoms with Crippen LogP contribution in [0.15, 0.2) is 30.3 Å². The predicted octanol–water partition coefficient (Wildman–Crippen LogP) is 5.12. The Morgan fingerprint density at radius 2 is 1.59 bits per heavy atom. The number of anilines is 2. The van der Waals surface area contributed by atoms with Gasteiger partial charge in [-0.25, -0.2) is 0 Å². The van der Waals surface area contributed by atoms with Gasteiger partial charge in [0.05, 0.1) is 28.5 Å². The summed E-state index contributed by atoms with van der Waals surface area (Å²) >= 11 is 18.3. The van der Waals surface area contributed by atoms with E-state index < -0.39 is 18.0 Å². The Morgan fingerprint density at radius 3 is 2.12 bits per heavy atom. The van der Waals surface area contributed by atoms with Crippen molar-refractivity contribution < 1.29 is 27.5 Å². The molecule has 0 aromatic heterocycles. The number of carbonyl (C=O) groups excluding carboxylic acids is 2. The minimum Gasteiger partial charge on any atom is -0.494 e. The van der Waals surface area contributed by atoms with Gasteiger partial charge in [-0.2, -0.15) is 13.2 Å². The second-order valence-corrected chi connectivity index (χ2v) is 8.12. The number of hydrogen-bond donors (Lipinski definition) is 1. The SMILES string of the molecule is COc1c(Cl)cc(C(=O)Nc2cc(Cl)ccc2N2CCN(C(=O)C(F)(F)F)CC2)cc1Cl. The van der Waals surface area contributed by atoms with E-state index in [1.54, 1.807) is 17.0 Å². The maximum atomic E-state index is 12.8. The Kier molecular flexibility index (Phi) is 7.32. The Labute approximate surface area is 196 Å². The molecule has 1 aliphatic rings. The number of alkyl halides is 3. The zero-order valence-corrected chi connectivity index (χ0v) is 18.9. The van der Waals surface area contributed by atoms with Gasteiger partial charge in [0.25, 0.3) is 5.91 Å². The smallest absolute Gasteiger partial charge is 0.471 e. The summed E-state index contributed by atoms with van der Waals surface area (Å²) in [7, 11) is 1.40. The number of nitrogens with zero attached hydrogens (tertiary/aromatic N) is 2. The highest BCUT2D eigenvalue weighted by molar-refractivity contribution is 6.38. The first-order chi connectivity index (χ1) is 15.0. The van der Waals surface area contributed by atoms with E-state index in [0.29, 0.717) is 16.4 Å². The van der Waals surface area contributed by atoms with Crippen LogP contribution in [0.25, 0.3) is 0 Å². The van der Waals surface area contributed by atoms with E-state index in [1.807, 2.05) is 0 Å². The molecule has 1 aliphatic heterocycles. The number of amides is 2. The number of nitrogens with one attached hydrogen (secondary N) is 1. The maximum absolute atomic E-state index is 12.8. The van der Waals surface area contributed by atoms with Gasteiger partial charge in [0.2, 0.25) is 0 Å². The van der Waals surface area contributed by atoms with Gasteiger partial charge in [-0.1, -0.05) is 34.8 Å². The van der Waals surface area contributed by atoms with Crippen LogP contribution in [0.3, 0.4) is 0 Å². The zero-order valence-electron chi connectivity index (χ0n) is 16.6. The van der Waals surface area contributed by atoms with Crippen molar-refractivity contribution >= 4 is 58.0 Å². The Hall–Kier alpha value is -2.36. The number of methoxy groups -OCH3 is 1. The lowest BCUT2D eigenvalue weighted by Crippen LogP contribution is -2.52. The highest BCUT2D eigenvalue weighted by Gasteiger charge is 2.43. The van der Waals surface area contributed by atoms with Crippen molar-refractivity contribution in [2.45, 2.75) is 6.18 Å². The van der Waals surface area contributed by atoms with Gasteiger partial charge in [0, 0.05) is 36.8 Å². The fraction of sp³-hybridized carbons (Fsp3) is 0.300. The van der Waals surface area contributed by atoms with Crippen LogP contribution >= 0.6 is 34.8 Å². The van der Waals surface area contributed by atoms with Gasteiger partial charge in [-0.15, -0.1) is 0 Å². The molecule has 3 rings (SSSR count). The van der Waals surface area contributed by atoms with E-state index in [0.717, 1.165) is 4.90 Å². The Bertz CT molecular complexity index is 1020. The number of ether oxygens (including phenoxy) is 1. The van der Waals surface area contributed by atoms with E-state index in [4.69, 9.17) is 39.5 Å². The number of piperazine rings is 1. The summed E-state index contributed by atoms with van der Waals surface area (Å²) in [6.45, 7) is 0.0646. The van der Waals surface area contributed by atoms with Gasteiger partial charge in [0.1, 0.15) is 0 Å². The van der Waals surface area contributed by atoms with Crippen LogP contribution in [0.5, 0.6) is 5.75 Å². The molecular weight excluding hydrogens is 494 g/mol. The summed E-state index contributed by atoms with van der Waals surface area (Å²) in [6.07, 6.45) is -4.91. The average molecular weight is 511 g/mol. The summed E-state index contributed by atoms with van der Waals surface area (Å²) in [5.41, 5.74) is 1.07. The first kappa shape index (κ1) is 24.3. The van der Waals surface area contributed by atoms with Crippen LogP contribution < -0.4 is 15.0 Å². The number of benzene rings is 2. The molecule has 0 unspecified atom stereocenters. The van der Waals surface area contributed by atoms with E-state index in [1.165, 1.54) is 25.3 Å². The second kappa shape index (κ2) is 9.64. The number of hydrogen-bond acceptors (Lipinski definition) is 4. The van der Waals surface area contributed by atoms with Crippen molar-refractivity contribution in [3.05, 3.63) is 51.0 Å². The zero-order chi connectivity index (χ0) is 23.6. The van der Waals surface area contributed by atoms with Crippen LogP contribution in [0.4, 0.5) is 24.5 Å². The summed E-state index contributed by atoms with van der Waals surface area (Å²) in [5, 5.41) is 3.39. The van der Waals surface area contributed by atoms with Gasteiger partial charge >= 0.3 is 12.1 Å². The van der Waals surface area contributed by atoms with Crippen molar-refractivity contribution in [1.29, 1.82) is 0 Å². The second-order valence-electron chi connectivity index (χ2n) is 6.87. The molecule has 0 atom stereocenters. The summed E-state index contributed by atoms with van der Waals surface area (Å²) in [6, 6.07) is 7.56. The molecule has 0 saturated carbocycles. The first-order valence-electron chi connectivity index (χ1n) is 9.26. The van der Waals surface area contributed by atoms with Crippen molar-refractivity contribution in [3.8, 4) is 5.75 Å². The van der Waals surface area contributed by atoms with E-state index in [9.17, 15) is 22.8 Å². The van der Waals surface area contributed by atoms with Crippen LogP contribution in [0, 0.1) is 0 Å². The molecule has 0 aliphatic carbocycles. The van der Waals surface area contributed by atoms with Crippen LogP contribution in [-0.4, -0.2) is 56.2 Å². The highest BCUT2D eigenvalue weighted by atomic mass is 35.5. The molecule has 6 nitrogen and oxygen atoms in total. The molecule has 1 fully saturated rings. The van der Waals surface area contributed by atoms with Crippen LogP contribution in [-0.2, 0) is 4.79 Å². The minimum absolute atomic E-state index is 0.113. The van der Waals surface area contributed by atoms with E-state index >= 15 is 0 Å². The minimum atomic E-state index is -4.91. The highest BCUT2D eigenvalue weighted by Crippen LogP contribution is 2.35. The number of halogens is 6. The number of carbonyl (C=O) groups is 2. The topological polar surface area (TPSA) is 61.9 Å². The number of rotatable bonds is 4. The van der Waals surface area contributed by atoms with Crippen LogP contribution in [0.2, 0.25) is 15.1 Å². The molecule has 1 saturated heterocycles. The molecule has 12 heteroatoms. The molecular formula is C20H17Cl3F3N3O3. The molecule has 0 spiro atoms. The largest absolute Gasteiger partial charge is 0.494 e. The van der Waals surface area contributed by atoms with Gasteiger partial charge in [0.15, 0.2) is 5.75 Å². The lowest BCUT2D eigenvalue weighted by Gasteiger charge is -2.37. The van der Waals surface area contributed by atoms with Crippen LogP contribution in [0.1, 0.15) is 10.4 Å². The first-order valence-corrected chi connectivity index (χ1v) is 10.4. The fourth-order valence-electron chi connectivity index (χ4n) is 3.29. The molecule has 0 bridgehead atoms. The fourth-order valence-corrected chi connectivity index (χ4v) is 4.11. The summed E-state index contributed by atoms with van der Waals surface area (Å²) in [5.74, 6) is -2.15. The lowest BCUT2D eigenvalue weighted by atomic mass is 10.1. The molecule has 2 aromatic carbocycles. The normalized spacial score (nSPS) is 14.3. The van der Waals surface area contributed by atoms with Crippen molar-refractivity contribution in [2.75, 3.05) is 43.5 Å². The quantitative estimate of drug-likeness (QED) is 0.620. The van der Waals surface area contributed by atoms with Crippen molar-refractivity contribution in [1.82, 2.24) is 4.90 Å². The van der Waals surface area contributed by atoms with Gasteiger partial charge in [-0.05, 0) is 30.3 Å². The molecule has 32 heavy (non-hydrogen) atoms. The predicted molar refractivity (Wildman–Crippen MR) is 117 cm³/mol. The van der Waals surface area contributed by atoms with E-state index in [-0.39, 0.29) is 47.5 Å². The lowest BCUT2D eigenvalue weighted by molar-refractivity contribution is -0.185. The third-order valence-electron chi connectivity index (χ3n) is 4.82. The van der Waals surface area contributed by atoms with Gasteiger partial charge < -0.3 is 19.9 Å². The third-order valence-corrected chi connectivity index (χ3v) is 5.62. The Balaban J connectivity index is 1.79. The van der Waals surface area contributed by atoms with Crippen molar-refractivity contribution in [2.24, 2.45) is 0 Å².